The molecule has 2 heteroatoms. The van der Waals surface area contributed by atoms with E-state index in [4.69, 9.17) is 10.5 Å². The Hall–Kier alpha value is -1.28. The molecule has 1 aromatic carbocycles. The number of ether oxygens (including phenoxy) is 1. The smallest absolute Gasteiger partial charge is 0.109 e. The van der Waals surface area contributed by atoms with E-state index in [-0.39, 0.29) is 6.04 Å². The number of nitrogens with two attached hydrogens (primary N) is 1. The molecule has 0 saturated heterocycles. The van der Waals surface area contributed by atoms with Crippen LogP contribution in [-0.2, 0) is 11.2 Å². The van der Waals surface area contributed by atoms with E-state index < -0.39 is 0 Å². The minimum Gasteiger partial charge on any atom is -0.497 e. The number of hydrogen-bond donors (Lipinski definition) is 1. The van der Waals surface area contributed by atoms with Gasteiger partial charge in [0.1, 0.15) is 5.76 Å². The molecule has 1 atom stereocenters. The Labute approximate surface area is 103 Å². The third-order valence-electron chi connectivity index (χ3n) is 3.15. The van der Waals surface area contributed by atoms with Gasteiger partial charge < -0.3 is 10.5 Å². The summed E-state index contributed by atoms with van der Waals surface area (Å²) >= 11 is 0. The summed E-state index contributed by atoms with van der Waals surface area (Å²) in [4.78, 5) is 0. The molecule has 1 unspecified atom stereocenters. The Morgan fingerprint density at radius 3 is 3.00 bits per heavy atom. The summed E-state index contributed by atoms with van der Waals surface area (Å²) in [6.07, 6.45) is 6.34. The van der Waals surface area contributed by atoms with Crippen LogP contribution in [0.15, 0.2) is 36.1 Å². The molecule has 0 radical (unpaired) electrons. The fraction of sp³-hybridized carbons (Fsp3) is 0.467. The molecule has 2 nitrogen and oxygen atoms in total. The highest BCUT2D eigenvalue weighted by Gasteiger charge is 2.13. The summed E-state index contributed by atoms with van der Waals surface area (Å²) < 4.78 is 5.59. The lowest BCUT2D eigenvalue weighted by molar-refractivity contribution is 0.173. The highest BCUT2D eigenvalue weighted by Crippen LogP contribution is 2.16. The van der Waals surface area contributed by atoms with E-state index in [0.717, 1.165) is 38.0 Å². The number of hydrogen-bond acceptors (Lipinski definition) is 2. The summed E-state index contributed by atoms with van der Waals surface area (Å²) in [5, 5.41) is 0. The zero-order chi connectivity index (χ0) is 12.1. The first kappa shape index (κ1) is 12.2. The first-order valence-corrected chi connectivity index (χ1v) is 6.39. The van der Waals surface area contributed by atoms with Gasteiger partial charge in [-0.1, -0.05) is 29.8 Å². The first-order chi connectivity index (χ1) is 8.25. The summed E-state index contributed by atoms with van der Waals surface area (Å²) in [5.41, 5.74) is 8.81. The fourth-order valence-electron chi connectivity index (χ4n) is 2.17. The Kier molecular flexibility index (Phi) is 4.21. The van der Waals surface area contributed by atoms with Gasteiger partial charge in [0.25, 0.3) is 0 Å². The second-order valence-electron chi connectivity index (χ2n) is 4.73. The molecule has 0 saturated carbocycles. The van der Waals surface area contributed by atoms with E-state index in [1.165, 1.54) is 11.1 Å². The van der Waals surface area contributed by atoms with Crippen LogP contribution in [-0.4, -0.2) is 12.6 Å². The van der Waals surface area contributed by atoms with Gasteiger partial charge in [-0.15, -0.1) is 0 Å². The highest BCUT2D eigenvalue weighted by atomic mass is 16.5. The molecule has 92 valence electrons. The van der Waals surface area contributed by atoms with Gasteiger partial charge in [0.2, 0.25) is 0 Å². The van der Waals surface area contributed by atoms with Crippen LogP contribution in [0, 0.1) is 6.92 Å². The molecule has 1 aromatic rings. The number of benzene rings is 1. The molecule has 2 rings (SSSR count). The largest absolute Gasteiger partial charge is 0.497 e. The molecule has 2 N–H and O–H groups in total. The molecular formula is C15H21NO. The van der Waals surface area contributed by atoms with Crippen molar-refractivity contribution < 1.29 is 4.74 Å². The molecule has 1 heterocycles. The van der Waals surface area contributed by atoms with Gasteiger partial charge in [0.05, 0.1) is 12.6 Å². The van der Waals surface area contributed by atoms with Gasteiger partial charge in [-0.05, 0) is 44.2 Å². The van der Waals surface area contributed by atoms with Gasteiger partial charge in [-0.2, -0.15) is 0 Å². The molecule has 0 amide bonds. The number of aryl methyl sites for hydroxylation is 2. The lowest BCUT2D eigenvalue weighted by Gasteiger charge is -2.20. The van der Waals surface area contributed by atoms with E-state index in [9.17, 15) is 0 Å². The van der Waals surface area contributed by atoms with Gasteiger partial charge in [-0.3, -0.25) is 0 Å². The molecule has 0 fully saturated rings. The van der Waals surface area contributed by atoms with E-state index in [1.54, 1.807) is 0 Å². The second kappa shape index (κ2) is 5.87. The Morgan fingerprint density at radius 2 is 2.29 bits per heavy atom. The predicted octanol–water partition coefficient (Wildman–Crippen LogP) is 2.95. The zero-order valence-electron chi connectivity index (χ0n) is 10.5. The predicted molar refractivity (Wildman–Crippen MR) is 70.7 cm³/mol. The summed E-state index contributed by atoms with van der Waals surface area (Å²) in [7, 11) is 0. The van der Waals surface area contributed by atoms with E-state index in [0.29, 0.717) is 0 Å². The van der Waals surface area contributed by atoms with Crippen molar-refractivity contribution in [1.29, 1.82) is 0 Å². The molecule has 1 aliphatic heterocycles. The van der Waals surface area contributed by atoms with Crippen LogP contribution < -0.4 is 5.73 Å². The molecule has 0 bridgehead atoms. The third kappa shape index (κ3) is 3.60. The maximum Gasteiger partial charge on any atom is 0.109 e. The third-order valence-corrected chi connectivity index (χ3v) is 3.15. The lowest BCUT2D eigenvalue weighted by Crippen LogP contribution is -2.26. The van der Waals surface area contributed by atoms with Crippen LogP contribution in [0.4, 0.5) is 0 Å². The van der Waals surface area contributed by atoms with Gasteiger partial charge in [0, 0.05) is 0 Å². The summed E-state index contributed by atoms with van der Waals surface area (Å²) in [6, 6.07) is 8.66. The fourth-order valence-corrected chi connectivity index (χ4v) is 2.17. The number of rotatable bonds is 4. The Bertz CT molecular complexity index is 398. The van der Waals surface area contributed by atoms with Crippen LogP contribution in [0.5, 0.6) is 0 Å². The topological polar surface area (TPSA) is 35.2 Å². The summed E-state index contributed by atoms with van der Waals surface area (Å²) in [5.74, 6) is 0.990. The minimum absolute atomic E-state index is 0.0517. The summed E-state index contributed by atoms with van der Waals surface area (Å²) in [6.45, 7) is 2.94. The van der Waals surface area contributed by atoms with Crippen LogP contribution in [0.1, 0.15) is 30.4 Å². The average Bonchev–Trinajstić information content (AvgIpc) is 2.37. The van der Waals surface area contributed by atoms with Gasteiger partial charge in [0.15, 0.2) is 0 Å². The normalized spacial score (nSPS) is 17.2. The number of allylic oxidation sites excluding steroid dienone is 1. The van der Waals surface area contributed by atoms with E-state index in [2.05, 4.69) is 37.3 Å². The molecular weight excluding hydrogens is 210 g/mol. The molecule has 0 aliphatic carbocycles. The zero-order valence-corrected chi connectivity index (χ0v) is 10.5. The Morgan fingerprint density at radius 1 is 1.41 bits per heavy atom. The highest BCUT2D eigenvalue weighted by molar-refractivity contribution is 5.22. The first-order valence-electron chi connectivity index (χ1n) is 6.39. The molecule has 17 heavy (non-hydrogen) atoms. The lowest BCUT2D eigenvalue weighted by atomic mass is 10.0. The van der Waals surface area contributed by atoms with E-state index >= 15 is 0 Å². The second-order valence-corrected chi connectivity index (χ2v) is 4.73. The van der Waals surface area contributed by atoms with Crippen molar-refractivity contribution in [3.8, 4) is 0 Å². The van der Waals surface area contributed by atoms with Crippen molar-refractivity contribution in [3.63, 3.8) is 0 Å². The monoisotopic (exact) mass is 231 g/mol. The van der Waals surface area contributed by atoms with E-state index in [1.807, 2.05) is 0 Å². The molecule has 0 spiro atoms. The van der Waals surface area contributed by atoms with Crippen molar-refractivity contribution >= 4 is 0 Å². The van der Waals surface area contributed by atoms with Crippen LogP contribution >= 0.6 is 0 Å². The molecule has 0 aromatic heterocycles. The van der Waals surface area contributed by atoms with Crippen LogP contribution in [0.2, 0.25) is 0 Å². The quantitative estimate of drug-likeness (QED) is 0.864. The minimum atomic E-state index is 0.0517. The van der Waals surface area contributed by atoms with Crippen molar-refractivity contribution in [2.24, 2.45) is 5.73 Å². The Balaban J connectivity index is 1.87. The average molecular weight is 231 g/mol. The SMILES string of the molecule is Cc1cccc(CCC(N)C2=CCCCO2)c1. The van der Waals surface area contributed by atoms with Crippen molar-refractivity contribution in [2.45, 2.75) is 38.6 Å². The van der Waals surface area contributed by atoms with Crippen molar-refractivity contribution in [1.82, 2.24) is 0 Å². The van der Waals surface area contributed by atoms with Gasteiger partial charge in [-0.25, -0.2) is 0 Å². The van der Waals surface area contributed by atoms with Crippen LogP contribution in [0.3, 0.4) is 0 Å². The van der Waals surface area contributed by atoms with Gasteiger partial charge >= 0.3 is 0 Å². The standard InChI is InChI=1S/C15H21NO/c1-12-5-4-6-13(11-12)8-9-14(16)15-7-2-3-10-17-15/h4-7,11,14H,2-3,8-10,16H2,1H3. The maximum absolute atomic E-state index is 6.14. The van der Waals surface area contributed by atoms with Crippen molar-refractivity contribution in [3.05, 3.63) is 47.2 Å². The van der Waals surface area contributed by atoms with Crippen molar-refractivity contribution in [2.75, 3.05) is 6.61 Å². The van der Waals surface area contributed by atoms with Crippen LogP contribution in [0.25, 0.3) is 0 Å². The maximum atomic E-state index is 6.14. The molecule has 1 aliphatic rings.